The lowest BCUT2D eigenvalue weighted by molar-refractivity contribution is 0.367. The van der Waals surface area contributed by atoms with Crippen molar-refractivity contribution in [1.29, 1.82) is 0 Å². The van der Waals surface area contributed by atoms with Crippen LogP contribution in [0.5, 0.6) is 5.75 Å². The van der Waals surface area contributed by atoms with Crippen molar-refractivity contribution >= 4 is 15.9 Å². The minimum Gasteiger partial charge on any atom is -0.494 e. The SMILES string of the molecule is COc1cc(Br)cc(C2(CN)CCCC2)c1F. The lowest BCUT2D eigenvalue weighted by Gasteiger charge is -2.29. The van der Waals surface area contributed by atoms with Gasteiger partial charge in [-0.15, -0.1) is 0 Å². The van der Waals surface area contributed by atoms with Gasteiger partial charge in [-0.2, -0.15) is 0 Å². The molecule has 4 heteroatoms. The summed E-state index contributed by atoms with van der Waals surface area (Å²) in [6.07, 6.45) is 4.15. The lowest BCUT2D eigenvalue weighted by Crippen LogP contribution is -2.33. The second-order valence-corrected chi connectivity index (χ2v) is 5.58. The zero-order valence-corrected chi connectivity index (χ0v) is 11.5. The third kappa shape index (κ3) is 2.20. The monoisotopic (exact) mass is 301 g/mol. The Bertz CT molecular complexity index is 416. The summed E-state index contributed by atoms with van der Waals surface area (Å²) in [7, 11) is 1.48. The van der Waals surface area contributed by atoms with Crippen molar-refractivity contribution in [3.05, 3.63) is 28.0 Å². The lowest BCUT2D eigenvalue weighted by atomic mass is 9.78. The summed E-state index contributed by atoms with van der Waals surface area (Å²) >= 11 is 3.40. The normalized spacial score (nSPS) is 18.4. The van der Waals surface area contributed by atoms with Gasteiger partial charge in [0.05, 0.1) is 7.11 Å². The molecule has 0 saturated heterocycles. The fourth-order valence-corrected chi connectivity index (χ4v) is 3.17. The molecule has 0 bridgehead atoms. The molecule has 1 aromatic rings. The topological polar surface area (TPSA) is 35.2 Å². The first kappa shape index (κ1) is 12.8. The van der Waals surface area contributed by atoms with Gasteiger partial charge in [0.15, 0.2) is 11.6 Å². The summed E-state index contributed by atoms with van der Waals surface area (Å²) in [4.78, 5) is 0. The molecule has 1 aliphatic rings. The van der Waals surface area contributed by atoms with E-state index in [1.165, 1.54) is 7.11 Å². The van der Waals surface area contributed by atoms with Gasteiger partial charge < -0.3 is 10.5 Å². The van der Waals surface area contributed by atoms with Crippen LogP contribution in [0.3, 0.4) is 0 Å². The maximum Gasteiger partial charge on any atom is 0.168 e. The number of nitrogens with two attached hydrogens (primary N) is 1. The van der Waals surface area contributed by atoms with E-state index in [1.807, 2.05) is 6.07 Å². The molecule has 1 aromatic carbocycles. The second kappa shape index (κ2) is 4.94. The number of benzene rings is 1. The van der Waals surface area contributed by atoms with Gasteiger partial charge in [-0.3, -0.25) is 0 Å². The highest BCUT2D eigenvalue weighted by atomic mass is 79.9. The van der Waals surface area contributed by atoms with Crippen molar-refractivity contribution in [2.45, 2.75) is 31.1 Å². The summed E-state index contributed by atoms with van der Waals surface area (Å²) in [6, 6.07) is 3.49. The highest BCUT2D eigenvalue weighted by molar-refractivity contribution is 9.10. The zero-order chi connectivity index (χ0) is 12.5. The van der Waals surface area contributed by atoms with E-state index in [2.05, 4.69) is 15.9 Å². The average molecular weight is 302 g/mol. The summed E-state index contributed by atoms with van der Waals surface area (Å²) in [6.45, 7) is 0.490. The molecule has 1 aliphatic carbocycles. The fourth-order valence-electron chi connectivity index (χ4n) is 2.73. The molecule has 0 aromatic heterocycles. The van der Waals surface area contributed by atoms with Crippen molar-refractivity contribution in [3.63, 3.8) is 0 Å². The van der Waals surface area contributed by atoms with Gasteiger partial charge in [-0.25, -0.2) is 4.39 Å². The zero-order valence-electron chi connectivity index (χ0n) is 9.93. The average Bonchev–Trinajstić information content (AvgIpc) is 2.81. The predicted molar refractivity (Wildman–Crippen MR) is 69.9 cm³/mol. The molecule has 2 N–H and O–H groups in total. The van der Waals surface area contributed by atoms with Crippen LogP contribution in [0.4, 0.5) is 4.39 Å². The third-order valence-corrected chi connectivity index (χ3v) is 4.20. The van der Waals surface area contributed by atoms with Crippen molar-refractivity contribution in [2.24, 2.45) is 5.73 Å². The maximum absolute atomic E-state index is 14.3. The molecule has 0 radical (unpaired) electrons. The van der Waals surface area contributed by atoms with E-state index in [1.54, 1.807) is 6.07 Å². The van der Waals surface area contributed by atoms with Crippen molar-refractivity contribution < 1.29 is 9.13 Å². The van der Waals surface area contributed by atoms with Gasteiger partial charge in [0.2, 0.25) is 0 Å². The molecule has 2 nitrogen and oxygen atoms in total. The Morgan fingerprint density at radius 3 is 2.59 bits per heavy atom. The number of hydrogen-bond donors (Lipinski definition) is 1. The highest BCUT2D eigenvalue weighted by Gasteiger charge is 2.37. The Kier molecular flexibility index (Phi) is 3.73. The molecule has 0 heterocycles. The molecule has 17 heavy (non-hydrogen) atoms. The number of halogens is 2. The Morgan fingerprint density at radius 2 is 2.06 bits per heavy atom. The fraction of sp³-hybridized carbons (Fsp3) is 0.538. The molecule has 1 saturated carbocycles. The van der Waals surface area contributed by atoms with Crippen molar-refractivity contribution in [2.75, 3.05) is 13.7 Å². The Labute approximate surface area is 109 Å². The Hall–Kier alpha value is -0.610. The maximum atomic E-state index is 14.3. The summed E-state index contributed by atoms with van der Waals surface area (Å²) in [5.41, 5.74) is 6.38. The molecular formula is C13H17BrFNO. The number of methoxy groups -OCH3 is 1. The van der Waals surface area contributed by atoms with E-state index in [9.17, 15) is 4.39 Å². The van der Waals surface area contributed by atoms with Crippen molar-refractivity contribution in [3.8, 4) is 5.75 Å². The van der Waals surface area contributed by atoms with E-state index < -0.39 is 0 Å². The molecule has 0 spiro atoms. The first-order valence-corrected chi connectivity index (χ1v) is 6.66. The second-order valence-electron chi connectivity index (χ2n) is 4.66. The minimum absolute atomic E-state index is 0.207. The van der Waals surface area contributed by atoms with Crippen LogP contribution < -0.4 is 10.5 Å². The van der Waals surface area contributed by atoms with Crippen LogP contribution in [0.1, 0.15) is 31.2 Å². The number of rotatable bonds is 3. The van der Waals surface area contributed by atoms with Gasteiger partial charge in [-0.05, 0) is 25.0 Å². The third-order valence-electron chi connectivity index (χ3n) is 3.75. The molecule has 0 aliphatic heterocycles. The molecule has 0 amide bonds. The highest BCUT2D eigenvalue weighted by Crippen LogP contribution is 2.43. The van der Waals surface area contributed by atoms with Crippen LogP contribution in [0.2, 0.25) is 0 Å². The summed E-state index contributed by atoms with van der Waals surface area (Å²) in [5, 5.41) is 0. The first-order chi connectivity index (χ1) is 8.13. The van der Waals surface area contributed by atoms with E-state index in [-0.39, 0.29) is 17.0 Å². The predicted octanol–water partition coefficient (Wildman–Crippen LogP) is 3.37. The number of hydrogen-bond acceptors (Lipinski definition) is 2. The van der Waals surface area contributed by atoms with E-state index in [0.29, 0.717) is 12.1 Å². The van der Waals surface area contributed by atoms with Gasteiger partial charge in [0.25, 0.3) is 0 Å². The van der Waals surface area contributed by atoms with Crippen LogP contribution in [0, 0.1) is 5.82 Å². The van der Waals surface area contributed by atoms with Crippen molar-refractivity contribution in [1.82, 2.24) is 0 Å². The summed E-state index contributed by atoms with van der Waals surface area (Å²) < 4.78 is 20.2. The Balaban J connectivity index is 2.53. The van der Waals surface area contributed by atoms with E-state index in [0.717, 1.165) is 30.2 Å². The summed E-state index contributed by atoms with van der Waals surface area (Å²) in [5.74, 6) is 0.0251. The quantitative estimate of drug-likeness (QED) is 0.929. The van der Waals surface area contributed by atoms with Crippen LogP contribution in [-0.2, 0) is 5.41 Å². The molecular weight excluding hydrogens is 285 g/mol. The molecule has 94 valence electrons. The smallest absolute Gasteiger partial charge is 0.168 e. The van der Waals surface area contributed by atoms with Gasteiger partial charge in [0, 0.05) is 22.0 Å². The molecule has 2 rings (SSSR count). The van der Waals surface area contributed by atoms with E-state index in [4.69, 9.17) is 10.5 Å². The van der Waals surface area contributed by atoms with Gasteiger partial charge >= 0.3 is 0 Å². The van der Waals surface area contributed by atoms with Crippen LogP contribution >= 0.6 is 15.9 Å². The molecule has 1 fully saturated rings. The van der Waals surface area contributed by atoms with Gasteiger partial charge in [0.1, 0.15) is 0 Å². The van der Waals surface area contributed by atoms with Crippen LogP contribution in [0.15, 0.2) is 16.6 Å². The first-order valence-electron chi connectivity index (χ1n) is 5.86. The standard InChI is InChI=1S/C13H17BrFNO/c1-17-11-7-9(14)6-10(12(11)15)13(8-16)4-2-3-5-13/h6-7H,2-5,8,16H2,1H3. The molecule has 0 atom stereocenters. The van der Waals surface area contributed by atoms with E-state index >= 15 is 0 Å². The Morgan fingerprint density at radius 1 is 1.41 bits per heavy atom. The van der Waals surface area contributed by atoms with Crippen LogP contribution in [0.25, 0.3) is 0 Å². The largest absolute Gasteiger partial charge is 0.494 e. The van der Waals surface area contributed by atoms with Gasteiger partial charge in [-0.1, -0.05) is 28.8 Å². The number of ether oxygens (including phenoxy) is 1. The van der Waals surface area contributed by atoms with Crippen LogP contribution in [-0.4, -0.2) is 13.7 Å². The minimum atomic E-state index is -0.261. The molecule has 0 unspecified atom stereocenters.